The highest BCUT2D eigenvalue weighted by molar-refractivity contribution is 5.42. The van der Waals surface area contributed by atoms with Crippen LogP contribution in [0.25, 0.3) is 0 Å². The van der Waals surface area contributed by atoms with E-state index in [1.807, 2.05) is 18.2 Å². The molecule has 0 amide bonds. The zero-order chi connectivity index (χ0) is 15.3. The third-order valence-electron chi connectivity index (χ3n) is 2.93. The fourth-order valence-electron chi connectivity index (χ4n) is 1.83. The van der Waals surface area contributed by atoms with E-state index in [1.54, 1.807) is 14.2 Å². The van der Waals surface area contributed by atoms with Crippen LogP contribution in [0.3, 0.4) is 0 Å². The third-order valence-corrected chi connectivity index (χ3v) is 2.93. The van der Waals surface area contributed by atoms with Crippen molar-refractivity contribution in [2.45, 2.75) is 19.9 Å². The molecule has 1 aromatic rings. The Morgan fingerprint density at radius 2 is 1.86 bits per heavy atom. The lowest BCUT2D eigenvalue weighted by molar-refractivity contribution is 0.0799. The average Bonchev–Trinajstić information content (AvgIpc) is 2.52. The van der Waals surface area contributed by atoms with E-state index in [-0.39, 0.29) is 0 Å². The van der Waals surface area contributed by atoms with Gasteiger partial charge in [-0.25, -0.2) is 0 Å². The van der Waals surface area contributed by atoms with Gasteiger partial charge in [-0.1, -0.05) is 13.0 Å². The predicted molar refractivity (Wildman–Crippen MR) is 83.2 cm³/mol. The molecule has 5 heteroatoms. The third kappa shape index (κ3) is 7.32. The molecule has 0 aliphatic heterocycles. The second-order valence-electron chi connectivity index (χ2n) is 4.57. The van der Waals surface area contributed by atoms with Gasteiger partial charge in [0, 0.05) is 26.9 Å². The fraction of sp³-hybridized carbons (Fsp3) is 0.625. The molecule has 0 aromatic heterocycles. The van der Waals surface area contributed by atoms with E-state index in [9.17, 15) is 0 Å². The van der Waals surface area contributed by atoms with Crippen LogP contribution in [0.15, 0.2) is 18.2 Å². The molecule has 0 fully saturated rings. The van der Waals surface area contributed by atoms with Crippen molar-refractivity contribution in [1.82, 2.24) is 5.32 Å². The lowest BCUT2D eigenvalue weighted by Crippen LogP contribution is -2.12. The zero-order valence-corrected chi connectivity index (χ0v) is 13.3. The highest BCUT2D eigenvalue weighted by Gasteiger charge is 2.05. The summed E-state index contributed by atoms with van der Waals surface area (Å²) < 4.78 is 21.5. The summed E-state index contributed by atoms with van der Waals surface area (Å²) in [7, 11) is 3.34. The first-order valence-corrected chi connectivity index (χ1v) is 7.39. The summed E-state index contributed by atoms with van der Waals surface area (Å²) >= 11 is 0. The van der Waals surface area contributed by atoms with Crippen molar-refractivity contribution in [3.05, 3.63) is 23.8 Å². The Bertz CT molecular complexity index is 385. The van der Waals surface area contributed by atoms with Crippen LogP contribution in [0.1, 0.15) is 18.9 Å². The Kier molecular flexibility index (Phi) is 9.61. The van der Waals surface area contributed by atoms with Crippen molar-refractivity contribution in [1.29, 1.82) is 0 Å². The second kappa shape index (κ2) is 11.4. The van der Waals surface area contributed by atoms with Crippen LogP contribution in [0.5, 0.6) is 11.5 Å². The van der Waals surface area contributed by atoms with Crippen LogP contribution in [0.4, 0.5) is 0 Å². The molecule has 0 heterocycles. The van der Waals surface area contributed by atoms with E-state index in [4.69, 9.17) is 18.9 Å². The number of rotatable bonds is 12. The highest BCUT2D eigenvalue weighted by Crippen LogP contribution is 2.27. The Labute approximate surface area is 127 Å². The van der Waals surface area contributed by atoms with Gasteiger partial charge in [-0.15, -0.1) is 0 Å². The molecule has 0 radical (unpaired) electrons. The van der Waals surface area contributed by atoms with E-state index < -0.39 is 0 Å². The van der Waals surface area contributed by atoms with Crippen LogP contribution in [0.2, 0.25) is 0 Å². The molecule has 0 atom stereocenters. The molecule has 5 nitrogen and oxygen atoms in total. The number of methoxy groups -OCH3 is 2. The summed E-state index contributed by atoms with van der Waals surface area (Å²) in [5, 5.41) is 3.29. The van der Waals surface area contributed by atoms with Crippen molar-refractivity contribution in [3.63, 3.8) is 0 Å². The summed E-state index contributed by atoms with van der Waals surface area (Å²) in [5.41, 5.74) is 1.18. The van der Waals surface area contributed by atoms with Gasteiger partial charge in [0.1, 0.15) is 6.61 Å². The predicted octanol–water partition coefficient (Wildman–Crippen LogP) is 2.24. The molecule has 1 aromatic carbocycles. The monoisotopic (exact) mass is 297 g/mol. The first-order valence-electron chi connectivity index (χ1n) is 7.39. The number of ether oxygens (including phenoxy) is 4. The molecule has 120 valence electrons. The molecule has 21 heavy (non-hydrogen) atoms. The molecule has 0 saturated heterocycles. The second-order valence-corrected chi connectivity index (χ2v) is 4.57. The molecule has 1 rings (SSSR count). The van der Waals surface area contributed by atoms with Gasteiger partial charge in [0.25, 0.3) is 0 Å². The zero-order valence-electron chi connectivity index (χ0n) is 13.3. The lowest BCUT2D eigenvalue weighted by atomic mass is 10.2. The molecule has 0 spiro atoms. The summed E-state index contributed by atoms with van der Waals surface area (Å²) in [5.74, 6) is 1.50. The number of hydrogen-bond acceptors (Lipinski definition) is 5. The number of hydrogen-bond donors (Lipinski definition) is 1. The molecular formula is C16H27NO4. The SMILES string of the molecule is CCNCc1ccc(OCCOCCCOC)c(OC)c1. The van der Waals surface area contributed by atoms with Crippen LogP contribution in [0, 0.1) is 0 Å². The Morgan fingerprint density at radius 3 is 2.57 bits per heavy atom. The van der Waals surface area contributed by atoms with Crippen molar-refractivity contribution in [2.24, 2.45) is 0 Å². The molecule has 0 unspecified atom stereocenters. The van der Waals surface area contributed by atoms with Gasteiger partial charge < -0.3 is 24.3 Å². The van der Waals surface area contributed by atoms with Gasteiger partial charge in [-0.3, -0.25) is 0 Å². The summed E-state index contributed by atoms with van der Waals surface area (Å²) in [6.45, 7) is 6.35. The summed E-state index contributed by atoms with van der Waals surface area (Å²) in [6.07, 6.45) is 0.902. The smallest absolute Gasteiger partial charge is 0.161 e. The van der Waals surface area contributed by atoms with Crippen LogP contribution >= 0.6 is 0 Å². The van der Waals surface area contributed by atoms with Crippen molar-refractivity contribution in [3.8, 4) is 11.5 Å². The van der Waals surface area contributed by atoms with E-state index in [0.717, 1.165) is 37.6 Å². The largest absolute Gasteiger partial charge is 0.493 e. The minimum absolute atomic E-state index is 0.510. The Balaban J connectivity index is 2.33. The normalized spacial score (nSPS) is 10.6. The van der Waals surface area contributed by atoms with E-state index in [0.29, 0.717) is 19.8 Å². The molecule has 0 bridgehead atoms. The first-order chi connectivity index (χ1) is 10.3. The maximum atomic E-state index is 5.69. The van der Waals surface area contributed by atoms with Crippen LogP contribution in [-0.2, 0) is 16.0 Å². The van der Waals surface area contributed by atoms with E-state index in [1.165, 1.54) is 5.56 Å². The maximum absolute atomic E-state index is 5.69. The Hall–Kier alpha value is -1.30. The first kappa shape index (κ1) is 17.8. The topological polar surface area (TPSA) is 49.0 Å². The molecular weight excluding hydrogens is 270 g/mol. The Morgan fingerprint density at radius 1 is 1.00 bits per heavy atom. The van der Waals surface area contributed by atoms with Gasteiger partial charge in [-0.2, -0.15) is 0 Å². The van der Waals surface area contributed by atoms with Crippen molar-refractivity contribution < 1.29 is 18.9 Å². The maximum Gasteiger partial charge on any atom is 0.161 e. The van der Waals surface area contributed by atoms with Gasteiger partial charge in [0.05, 0.1) is 13.7 Å². The molecule has 0 aliphatic rings. The van der Waals surface area contributed by atoms with Gasteiger partial charge >= 0.3 is 0 Å². The van der Waals surface area contributed by atoms with E-state index in [2.05, 4.69) is 12.2 Å². The average molecular weight is 297 g/mol. The minimum atomic E-state index is 0.510. The van der Waals surface area contributed by atoms with Crippen molar-refractivity contribution >= 4 is 0 Å². The van der Waals surface area contributed by atoms with Gasteiger partial charge in [0.15, 0.2) is 11.5 Å². The fourth-order valence-corrected chi connectivity index (χ4v) is 1.83. The van der Waals surface area contributed by atoms with Crippen molar-refractivity contribution in [2.75, 3.05) is 47.2 Å². The summed E-state index contributed by atoms with van der Waals surface area (Å²) in [6, 6.07) is 5.98. The number of nitrogens with one attached hydrogen (secondary N) is 1. The molecule has 1 N–H and O–H groups in total. The van der Waals surface area contributed by atoms with Gasteiger partial charge in [0.2, 0.25) is 0 Å². The lowest BCUT2D eigenvalue weighted by Gasteiger charge is -2.12. The summed E-state index contributed by atoms with van der Waals surface area (Å²) in [4.78, 5) is 0. The van der Waals surface area contributed by atoms with Crippen LogP contribution < -0.4 is 14.8 Å². The van der Waals surface area contributed by atoms with Crippen LogP contribution in [-0.4, -0.2) is 47.2 Å². The van der Waals surface area contributed by atoms with Gasteiger partial charge in [-0.05, 0) is 30.7 Å². The quantitative estimate of drug-likeness (QED) is 0.600. The van der Waals surface area contributed by atoms with E-state index >= 15 is 0 Å². The molecule has 0 saturated carbocycles. The highest BCUT2D eigenvalue weighted by atomic mass is 16.5. The minimum Gasteiger partial charge on any atom is -0.493 e. The standard InChI is InChI=1S/C16H27NO4/c1-4-17-13-14-6-7-15(16(12-14)19-3)21-11-10-20-9-5-8-18-2/h6-7,12,17H,4-5,8-11,13H2,1-3H3. The number of benzene rings is 1. The molecule has 0 aliphatic carbocycles.